The molecule has 0 aromatic carbocycles. The molecule has 0 amide bonds. The van der Waals surface area contributed by atoms with Gasteiger partial charge in [-0.1, -0.05) is 33.6 Å². The highest BCUT2D eigenvalue weighted by Gasteiger charge is 2.30. The number of piperidine rings is 1. The molecule has 0 aromatic heterocycles. The van der Waals surface area contributed by atoms with Crippen molar-refractivity contribution in [3.8, 4) is 0 Å². The smallest absolute Gasteiger partial charge is 0.0538 e. The van der Waals surface area contributed by atoms with Gasteiger partial charge in [-0.25, -0.2) is 0 Å². The summed E-state index contributed by atoms with van der Waals surface area (Å²) in [6.07, 6.45) is 8.37. The zero-order valence-electron chi connectivity index (χ0n) is 12.0. The van der Waals surface area contributed by atoms with Gasteiger partial charge in [0, 0.05) is 0 Å². The quantitative estimate of drug-likeness (QED) is 0.738. The molecule has 1 unspecified atom stereocenters. The third-order valence-corrected chi connectivity index (χ3v) is 4.90. The van der Waals surface area contributed by atoms with E-state index >= 15 is 0 Å². The number of likely N-dealkylation sites (tertiary alicyclic amines) is 1. The molecule has 1 N–H and O–H groups in total. The largest absolute Gasteiger partial charge is 0.393 e. The molecule has 1 saturated heterocycles. The van der Waals surface area contributed by atoms with Crippen molar-refractivity contribution in [2.75, 3.05) is 19.6 Å². The highest BCUT2D eigenvalue weighted by molar-refractivity contribution is 4.83. The fourth-order valence-corrected chi connectivity index (χ4v) is 2.96. The monoisotopic (exact) mass is 241 g/mol. The first-order valence-electron chi connectivity index (χ1n) is 7.56. The summed E-state index contributed by atoms with van der Waals surface area (Å²) >= 11 is 0. The third-order valence-electron chi connectivity index (χ3n) is 4.90. The van der Waals surface area contributed by atoms with Gasteiger partial charge < -0.3 is 10.0 Å². The van der Waals surface area contributed by atoms with Crippen molar-refractivity contribution in [1.29, 1.82) is 0 Å². The Morgan fingerprint density at radius 3 is 2.18 bits per heavy atom. The molecule has 102 valence electrons. The molecule has 1 aliphatic rings. The summed E-state index contributed by atoms with van der Waals surface area (Å²) in [5, 5.41) is 9.53. The molecule has 1 heterocycles. The molecule has 0 radical (unpaired) electrons. The fourth-order valence-electron chi connectivity index (χ4n) is 2.96. The molecule has 0 bridgehead atoms. The summed E-state index contributed by atoms with van der Waals surface area (Å²) in [5.41, 5.74) is 0.638. The molecule has 2 heteroatoms. The van der Waals surface area contributed by atoms with Crippen LogP contribution in [0.2, 0.25) is 0 Å². The maximum atomic E-state index is 9.53. The highest BCUT2D eigenvalue weighted by Crippen LogP contribution is 2.37. The molecule has 0 saturated carbocycles. The minimum atomic E-state index is -0.0786. The van der Waals surface area contributed by atoms with Gasteiger partial charge in [-0.3, -0.25) is 0 Å². The van der Waals surface area contributed by atoms with Gasteiger partial charge in [0.2, 0.25) is 0 Å². The Morgan fingerprint density at radius 1 is 1.12 bits per heavy atom. The predicted molar refractivity (Wildman–Crippen MR) is 74.2 cm³/mol. The lowest BCUT2D eigenvalue weighted by atomic mass is 9.74. The zero-order chi connectivity index (χ0) is 12.7. The number of nitrogens with zero attached hydrogens (tertiary/aromatic N) is 1. The number of rotatable bonds is 7. The van der Waals surface area contributed by atoms with Gasteiger partial charge >= 0.3 is 0 Å². The molecule has 0 aromatic rings. The van der Waals surface area contributed by atoms with Crippen LogP contribution in [-0.4, -0.2) is 35.7 Å². The molecule has 1 atom stereocenters. The predicted octanol–water partition coefficient (Wildman–Crippen LogP) is 3.44. The van der Waals surface area contributed by atoms with E-state index in [2.05, 4.69) is 25.7 Å². The van der Waals surface area contributed by atoms with Crippen molar-refractivity contribution in [3.05, 3.63) is 0 Å². The van der Waals surface area contributed by atoms with E-state index in [9.17, 15) is 5.11 Å². The van der Waals surface area contributed by atoms with Gasteiger partial charge in [-0.2, -0.15) is 0 Å². The van der Waals surface area contributed by atoms with E-state index in [1.807, 2.05) is 0 Å². The number of aliphatic hydroxyl groups is 1. The standard InChI is InChI=1S/C15H31NO/c1-4-14(17)8-7-11-16-12-9-15(5-2,6-3)10-13-16/h14,17H,4-13H2,1-3H3. The summed E-state index contributed by atoms with van der Waals surface area (Å²) in [6, 6.07) is 0. The number of hydrogen-bond acceptors (Lipinski definition) is 2. The van der Waals surface area contributed by atoms with Crippen molar-refractivity contribution in [1.82, 2.24) is 4.90 Å². The lowest BCUT2D eigenvalue weighted by molar-refractivity contribution is 0.0883. The number of aliphatic hydroxyl groups excluding tert-OH is 1. The summed E-state index contributed by atoms with van der Waals surface area (Å²) in [7, 11) is 0. The van der Waals surface area contributed by atoms with Gasteiger partial charge in [0.1, 0.15) is 0 Å². The molecular formula is C15H31NO. The molecule has 2 nitrogen and oxygen atoms in total. The average Bonchev–Trinajstić information content (AvgIpc) is 2.39. The van der Waals surface area contributed by atoms with E-state index in [1.54, 1.807) is 0 Å². The van der Waals surface area contributed by atoms with Gasteiger partial charge in [0.25, 0.3) is 0 Å². The van der Waals surface area contributed by atoms with Crippen LogP contribution in [0.4, 0.5) is 0 Å². The Bertz CT molecular complexity index is 191. The Labute approximate surface area is 107 Å². The maximum Gasteiger partial charge on any atom is 0.0538 e. The summed E-state index contributed by atoms with van der Waals surface area (Å²) in [4.78, 5) is 2.59. The van der Waals surface area contributed by atoms with Crippen LogP contribution in [0.1, 0.15) is 65.7 Å². The van der Waals surface area contributed by atoms with Crippen LogP contribution >= 0.6 is 0 Å². The third kappa shape index (κ3) is 4.59. The molecule has 1 rings (SSSR count). The second kappa shape index (κ2) is 7.38. The molecular weight excluding hydrogens is 210 g/mol. The van der Waals surface area contributed by atoms with Gasteiger partial charge in [0.15, 0.2) is 0 Å². The van der Waals surface area contributed by atoms with Crippen LogP contribution in [-0.2, 0) is 0 Å². The topological polar surface area (TPSA) is 23.5 Å². The molecule has 0 aliphatic carbocycles. The van der Waals surface area contributed by atoms with Crippen LogP contribution < -0.4 is 0 Å². The summed E-state index contributed by atoms with van der Waals surface area (Å²) < 4.78 is 0. The molecule has 17 heavy (non-hydrogen) atoms. The van der Waals surface area contributed by atoms with Crippen LogP contribution in [0.25, 0.3) is 0 Å². The Balaban J connectivity index is 2.19. The minimum absolute atomic E-state index is 0.0786. The van der Waals surface area contributed by atoms with Gasteiger partial charge in [0.05, 0.1) is 6.10 Å². The van der Waals surface area contributed by atoms with Crippen LogP contribution in [0.5, 0.6) is 0 Å². The van der Waals surface area contributed by atoms with E-state index in [4.69, 9.17) is 0 Å². The Hall–Kier alpha value is -0.0800. The van der Waals surface area contributed by atoms with Gasteiger partial charge in [-0.15, -0.1) is 0 Å². The van der Waals surface area contributed by atoms with Crippen molar-refractivity contribution < 1.29 is 5.11 Å². The van der Waals surface area contributed by atoms with Crippen molar-refractivity contribution >= 4 is 0 Å². The van der Waals surface area contributed by atoms with Crippen molar-refractivity contribution in [2.45, 2.75) is 71.8 Å². The van der Waals surface area contributed by atoms with Crippen LogP contribution in [0, 0.1) is 5.41 Å². The van der Waals surface area contributed by atoms with E-state index in [0.29, 0.717) is 5.41 Å². The molecule has 0 spiro atoms. The van der Waals surface area contributed by atoms with E-state index in [1.165, 1.54) is 45.3 Å². The van der Waals surface area contributed by atoms with Crippen LogP contribution in [0.15, 0.2) is 0 Å². The SMILES string of the molecule is CCC(O)CCCN1CCC(CC)(CC)CC1. The van der Waals surface area contributed by atoms with E-state index in [0.717, 1.165) is 19.3 Å². The average molecular weight is 241 g/mol. The zero-order valence-corrected chi connectivity index (χ0v) is 12.0. The fraction of sp³-hybridized carbons (Fsp3) is 1.00. The Morgan fingerprint density at radius 2 is 1.71 bits per heavy atom. The minimum Gasteiger partial charge on any atom is -0.393 e. The first kappa shape index (κ1) is 15.0. The number of hydrogen-bond donors (Lipinski definition) is 1. The van der Waals surface area contributed by atoms with Crippen molar-refractivity contribution in [3.63, 3.8) is 0 Å². The van der Waals surface area contributed by atoms with Crippen LogP contribution in [0.3, 0.4) is 0 Å². The highest BCUT2D eigenvalue weighted by atomic mass is 16.3. The normalized spacial score (nSPS) is 22.6. The second-order valence-electron chi connectivity index (χ2n) is 5.75. The van der Waals surface area contributed by atoms with E-state index < -0.39 is 0 Å². The maximum absolute atomic E-state index is 9.53. The molecule has 1 aliphatic heterocycles. The van der Waals surface area contributed by atoms with Gasteiger partial charge in [-0.05, 0) is 57.2 Å². The lowest BCUT2D eigenvalue weighted by Gasteiger charge is -2.41. The first-order valence-corrected chi connectivity index (χ1v) is 7.56. The molecule has 1 fully saturated rings. The van der Waals surface area contributed by atoms with Crippen molar-refractivity contribution in [2.24, 2.45) is 5.41 Å². The second-order valence-corrected chi connectivity index (χ2v) is 5.75. The summed E-state index contributed by atoms with van der Waals surface area (Å²) in [6.45, 7) is 10.5. The lowest BCUT2D eigenvalue weighted by Crippen LogP contribution is -2.40. The first-order chi connectivity index (χ1) is 8.15. The van der Waals surface area contributed by atoms with E-state index in [-0.39, 0.29) is 6.10 Å². The summed E-state index contributed by atoms with van der Waals surface area (Å²) in [5.74, 6) is 0. The Kier molecular flexibility index (Phi) is 6.50.